The van der Waals surface area contributed by atoms with Gasteiger partial charge in [0, 0.05) is 24.5 Å². The van der Waals surface area contributed by atoms with Crippen LogP contribution in [-0.2, 0) is 32.6 Å². The number of sulfonamides is 1. The van der Waals surface area contributed by atoms with Crippen LogP contribution in [0.1, 0.15) is 30.0 Å². The van der Waals surface area contributed by atoms with Gasteiger partial charge in [-0.3, -0.25) is 13.9 Å². The molecule has 4 rings (SSSR count). The number of aryl methyl sites for hydroxylation is 1. The number of rotatable bonds is 13. The van der Waals surface area contributed by atoms with Gasteiger partial charge in [-0.2, -0.15) is 0 Å². The first-order valence-corrected chi connectivity index (χ1v) is 16.1. The van der Waals surface area contributed by atoms with E-state index in [1.807, 2.05) is 44.2 Å². The molecule has 44 heavy (non-hydrogen) atoms. The minimum atomic E-state index is -4.23. The molecule has 0 spiro atoms. The van der Waals surface area contributed by atoms with Gasteiger partial charge in [0.15, 0.2) is 0 Å². The van der Waals surface area contributed by atoms with Crippen LogP contribution in [0.4, 0.5) is 10.1 Å². The summed E-state index contributed by atoms with van der Waals surface area (Å²) in [6, 6.07) is 26.5. The van der Waals surface area contributed by atoms with Gasteiger partial charge in [0.25, 0.3) is 10.0 Å². The largest absolute Gasteiger partial charge is 0.354 e. The summed E-state index contributed by atoms with van der Waals surface area (Å²) in [5, 5.41) is 3.27. The van der Waals surface area contributed by atoms with Crippen LogP contribution < -0.4 is 9.62 Å². The third-order valence-corrected chi connectivity index (χ3v) is 9.13. The Bertz CT molecular complexity index is 1650. The Hall–Kier alpha value is -4.21. The molecule has 0 aliphatic heterocycles. The standard InChI is InChI=1S/C34H35ClFN3O4S/c1-3-21-37-34(41)32(22-26-7-5-4-6-8-26)38(23-27-11-15-29(36)16-12-27)33(40)24-39(30-17-9-25(2)10-18-30)44(42,43)31-19-13-28(35)14-20-31/h4-20,32H,3,21-24H2,1-2H3,(H,37,41)/t32-/m1/s1. The fourth-order valence-electron chi connectivity index (χ4n) is 4.68. The topological polar surface area (TPSA) is 86.8 Å². The van der Waals surface area contributed by atoms with Gasteiger partial charge in [-0.05, 0) is 73.0 Å². The molecule has 0 heterocycles. The van der Waals surface area contributed by atoms with Crippen LogP contribution in [0.2, 0.25) is 5.02 Å². The third kappa shape index (κ3) is 8.45. The molecule has 4 aromatic carbocycles. The first kappa shape index (κ1) is 32.7. The van der Waals surface area contributed by atoms with Gasteiger partial charge < -0.3 is 10.2 Å². The molecule has 0 aliphatic carbocycles. The number of hydrogen-bond donors (Lipinski definition) is 1. The van der Waals surface area contributed by atoms with E-state index in [1.54, 1.807) is 36.4 Å². The number of nitrogens with one attached hydrogen (secondary N) is 1. The number of hydrogen-bond acceptors (Lipinski definition) is 4. The molecule has 7 nitrogen and oxygen atoms in total. The SMILES string of the molecule is CCCNC(=O)[C@@H](Cc1ccccc1)N(Cc1ccc(F)cc1)C(=O)CN(c1ccc(C)cc1)S(=O)(=O)c1ccc(Cl)cc1. The van der Waals surface area contributed by atoms with Crippen molar-refractivity contribution < 1.29 is 22.4 Å². The number of nitrogens with zero attached hydrogens (tertiary/aromatic N) is 2. The summed E-state index contributed by atoms with van der Waals surface area (Å²) in [7, 11) is -4.23. The average Bonchev–Trinajstić information content (AvgIpc) is 3.02. The summed E-state index contributed by atoms with van der Waals surface area (Å²) < 4.78 is 42.8. The molecule has 1 atom stereocenters. The molecule has 4 aromatic rings. The second-order valence-electron chi connectivity index (χ2n) is 10.4. The van der Waals surface area contributed by atoms with E-state index in [9.17, 15) is 22.4 Å². The highest BCUT2D eigenvalue weighted by atomic mass is 35.5. The first-order valence-electron chi connectivity index (χ1n) is 14.3. The minimum absolute atomic E-state index is 0.0399. The van der Waals surface area contributed by atoms with E-state index in [-0.39, 0.29) is 29.5 Å². The first-order chi connectivity index (χ1) is 21.1. The van der Waals surface area contributed by atoms with Crippen molar-refractivity contribution in [3.63, 3.8) is 0 Å². The van der Waals surface area contributed by atoms with Crippen molar-refractivity contribution >= 4 is 39.1 Å². The predicted octanol–water partition coefficient (Wildman–Crippen LogP) is 6.15. The molecule has 2 amide bonds. The average molecular weight is 636 g/mol. The highest BCUT2D eigenvalue weighted by molar-refractivity contribution is 7.92. The lowest BCUT2D eigenvalue weighted by Gasteiger charge is -2.34. The van der Waals surface area contributed by atoms with E-state index in [1.165, 1.54) is 41.3 Å². The third-order valence-electron chi connectivity index (χ3n) is 7.09. The van der Waals surface area contributed by atoms with Crippen molar-refractivity contribution in [2.45, 2.75) is 44.2 Å². The van der Waals surface area contributed by atoms with Gasteiger partial charge in [0.1, 0.15) is 18.4 Å². The normalized spacial score (nSPS) is 11.9. The highest BCUT2D eigenvalue weighted by Gasteiger charge is 2.34. The fraction of sp³-hybridized carbons (Fsp3) is 0.235. The summed E-state index contributed by atoms with van der Waals surface area (Å²) in [6.07, 6.45) is 0.883. The zero-order valence-electron chi connectivity index (χ0n) is 24.6. The highest BCUT2D eigenvalue weighted by Crippen LogP contribution is 2.26. The lowest BCUT2D eigenvalue weighted by atomic mass is 10.0. The van der Waals surface area contributed by atoms with E-state index in [0.717, 1.165) is 15.4 Å². The van der Waals surface area contributed by atoms with E-state index < -0.39 is 34.3 Å². The molecule has 0 saturated carbocycles. The Balaban J connectivity index is 1.78. The maximum absolute atomic E-state index is 14.4. The molecule has 230 valence electrons. The maximum atomic E-state index is 14.4. The molecule has 0 saturated heterocycles. The van der Waals surface area contributed by atoms with Crippen molar-refractivity contribution in [2.75, 3.05) is 17.4 Å². The lowest BCUT2D eigenvalue weighted by molar-refractivity contribution is -0.140. The van der Waals surface area contributed by atoms with Crippen LogP contribution in [-0.4, -0.2) is 44.3 Å². The quantitative estimate of drug-likeness (QED) is 0.191. The zero-order valence-corrected chi connectivity index (χ0v) is 26.2. The van der Waals surface area contributed by atoms with Gasteiger partial charge in [-0.15, -0.1) is 0 Å². The van der Waals surface area contributed by atoms with Gasteiger partial charge >= 0.3 is 0 Å². The molecule has 0 aromatic heterocycles. The van der Waals surface area contributed by atoms with Crippen LogP contribution in [0.5, 0.6) is 0 Å². The number of carbonyl (C=O) groups is 2. The molecule has 0 bridgehead atoms. The van der Waals surface area contributed by atoms with Crippen molar-refractivity contribution in [2.24, 2.45) is 0 Å². The number of anilines is 1. The summed E-state index contributed by atoms with van der Waals surface area (Å²) in [5.74, 6) is -1.40. The van der Waals surface area contributed by atoms with E-state index >= 15 is 0 Å². The van der Waals surface area contributed by atoms with Crippen LogP contribution in [0.15, 0.2) is 108 Å². The molecule has 10 heteroatoms. The van der Waals surface area contributed by atoms with Gasteiger partial charge in [0.05, 0.1) is 10.6 Å². The van der Waals surface area contributed by atoms with Crippen molar-refractivity contribution in [3.05, 3.63) is 131 Å². The number of benzene rings is 4. The summed E-state index contributed by atoms with van der Waals surface area (Å²) in [4.78, 5) is 29.3. The molecular formula is C34H35ClFN3O4S. The Morgan fingerprint density at radius 2 is 1.50 bits per heavy atom. The van der Waals surface area contributed by atoms with Crippen molar-refractivity contribution in [1.29, 1.82) is 0 Å². The smallest absolute Gasteiger partial charge is 0.264 e. The summed E-state index contributed by atoms with van der Waals surface area (Å²) in [5.41, 5.74) is 2.61. The zero-order chi connectivity index (χ0) is 31.7. The van der Waals surface area contributed by atoms with Gasteiger partial charge in [0.2, 0.25) is 11.8 Å². The number of amides is 2. The molecule has 0 unspecified atom stereocenters. The molecule has 0 radical (unpaired) electrons. The second-order valence-corrected chi connectivity index (χ2v) is 12.7. The van der Waals surface area contributed by atoms with Crippen LogP contribution in [0.25, 0.3) is 0 Å². The maximum Gasteiger partial charge on any atom is 0.264 e. The molecule has 0 aliphatic rings. The van der Waals surface area contributed by atoms with Crippen LogP contribution in [0, 0.1) is 12.7 Å². The van der Waals surface area contributed by atoms with Crippen LogP contribution >= 0.6 is 11.6 Å². The fourth-order valence-corrected chi connectivity index (χ4v) is 6.22. The Morgan fingerprint density at radius 1 is 0.864 bits per heavy atom. The lowest BCUT2D eigenvalue weighted by Crippen LogP contribution is -2.53. The van der Waals surface area contributed by atoms with Crippen molar-refractivity contribution in [1.82, 2.24) is 10.2 Å². The second kappa shape index (κ2) is 15.0. The summed E-state index contributed by atoms with van der Waals surface area (Å²) in [6.45, 7) is 3.58. The van der Waals surface area contributed by atoms with E-state index in [4.69, 9.17) is 11.6 Å². The van der Waals surface area contributed by atoms with Gasteiger partial charge in [-0.1, -0.05) is 78.7 Å². The van der Waals surface area contributed by atoms with E-state index in [0.29, 0.717) is 23.6 Å². The summed E-state index contributed by atoms with van der Waals surface area (Å²) >= 11 is 6.02. The molecule has 1 N–H and O–H groups in total. The predicted molar refractivity (Wildman–Crippen MR) is 171 cm³/mol. The monoisotopic (exact) mass is 635 g/mol. The van der Waals surface area contributed by atoms with E-state index in [2.05, 4.69) is 5.32 Å². The Kier molecular flexibility index (Phi) is 11.1. The Labute approximate surface area is 263 Å². The van der Waals surface area contributed by atoms with Gasteiger partial charge in [-0.25, -0.2) is 12.8 Å². The Morgan fingerprint density at radius 3 is 2.11 bits per heavy atom. The molecular weight excluding hydrogens is 601 g/mol. The molecule has 0 fully saturated rings. The number of halogens is 2. The number of carbonyl (C=O) groups excluding carboxylic acids is 2. The minimum Gasteiger partial charge on any atom is -0.354 e. The van der Waals surface area contributed by atoms with Crippen LogP contribution in [0.3, 0.4) is 0 Å². The van der Waals surface area contributed by atoms with Crippen molar-refractivity contribution in [3.8, 4) is 0 Å².